The molecule has 0 bridgehead atoms. The van der Waals surface area contributed by atoms with Crippen molar-refractivity contribution in [2.45, 2.75) is 24.9 Å². The lowest BCUT2D eigenvalue weighted by Crippen LogP contribution is -2.39. The minimum atomic E-state index is -4.41. The van der Waals surface area contributed by atoms with Crippen molar-refractivity contribution in [2.75, 3.05) is 13.1 Å². The van der Waals surface area contributed by atoms with Crippen LogP contribution in [0.2, 0.25) is 0 Å². The second-order valence-corrected chi connectivity index (χ2v) is 8.25. The van der Waals surface area contributed by atoms with E-state index in [1.807, 2.05) is 23.1 Å². The Balaban J connectivity index is 1.37. The number of hydrogen-bond donors (Lipinski definition) is 1. The standard InChI is InChI=1S/C25H21F3N4O/c26-25(27,28)19-6-1-4-16(12-19)20-7-2-8-21(31-20)18-5-3-11-32(14-18)24(33)17-9-10-22-23(13-17)30-15-29-22/h1-2,4,6-10,12-13,15,18H,3,5,11,14H2,(H,29,30). The second-order valence-electron chi connectivity index (χ2n) is 8.25. The van der Waals surface area contributed by atoms with E-state index < -0.39 is 11.7 Å². The lowest BCUT2D eigenvalue weighted by molar-refractivity contribution is -0.137. The number of piperidine rings is 1. The van der Waals surface area contributed by atoms with Crippen molar-refractivity contribution >= 4 is 16.9 Å². The molecule has 2 aromatic carbocycles. The SMILES string of the molecule is O=C(c1ccc2nc[nH]c2c1)N1CCCC(c2cccc(-c3cccc(C(F)(F)F)c3)n2)C1. The number of likely N-dealkylation sites (tertiary alicyclic amines) is 1. The van der Waals surface area contributed by atoms with E-state index in [4.69, 9.17) is 0 Å². The molecule has 8 heteroatoms. The van der Waals surface area contributed by atoms with Gasteiger partial charge in [0, 0.05) is 35.8 Å². The predicted molar refractivity (Wildman–Crippen MR) is 119 cm³/mol. The number of nitrogens with one attached hydrogen (secondary N) is 1. The number of hydrogen-bond acceptors (Lipinski definition) is 3. The second kappa shape index (κ2) is 8.35. The zero-order valence-corrected chi connectivity index (χ0v) is 17.6. The molecule has 168 valence electrons. The molecule has 0 saturated carbocycles. The van der Waals surface area contributed by atoms with E-state index in [1.54, 1.807) is 30.6 Å². The van der Waals surface area contributed by atoms with Crippen molar-refractivity contribution in [1.29, 1.82) is 0 Å². The number of alkyl halides is 3. The van der Waals surface area contributed by atoms with Crippen molar-refractivity contribution in [3.05, 3.63) is 83.8 Å². The first kappa shape index (κ1) is 21.2. The molecule has 1 aliphatic rings. The van der Waals surface area contributed by atoms with E-state index in [0.717, 1.165) is 41.7 Å². The fraction of sp³-hybridized carbons (Fsp3) is 0.240. The van der Waals surface area contributed by atoms with E-state index in [-0.39, 0.29) is 11.8 Å². The van der Waals surface area contributed by atoms with Crippen molar-refractivity contribution in [3.63, 3.8) is 0 Å². The highest BCUT2D eigenvalue weighted by molar-refractivity contribution is 5.97. The molecular formula is C25H21F3N4O. The summed E-state index contributed by atoms with van der Waals surface area (Å²) in [6.45, 7) is 1.17. The van der Waals surface area contributed by atoms with E-state index >= 15 is 0 Å². The number of amides is 1. The van der Waals surface area contributed by atoms with Crippen LogP contribution >= 0.6 is 0 Å². The monoisotopic (exact) mass is 450 g/mol. The third-order valence-corrected chi connectivity index (χ3v) is 6.05. The Morgan fingerprint density at radius 2 is 1.91 bits per heavy atom. The molecule has 0 spiro atoms. The molecule has 5 nitrogen and oxygen atoms in total. The predicted octanol–water partition coefficient (Wildman–Crippen LogP) is 5.66. The number of carbonyl (C=O) groups is 1. The summed E-state index contributed by atoms with van der Waals surface area (Å²) in [5.41, 5.74) is 3.21. The van der Waals surface area contributed by atoms with Crippen molar-refractivity contribution in [2.24, 2.45) is 0 Å². The molecule has 4 aromatic rings. The number of nitrogens with zero attached hydrogens (tertiary/aromatic N) is 3. The smallest absolute Gasteiger partial charge is 0.345 e. The highest BCUT2D eigenvalue weighted by atomic mass is 19.4. The van der Waals surface area contributed by atoms with Crippen LogP contribution in [0.25, 0.3) is 22.3 Å². The average molecular weight is 450 g/mol. The lowest BCUT2D eigenvalue weighted by Gasteiger charge is -2.32. The van der Waals surface area contributed by atoms with Gasteiger partial charge in [0.25, 0.3) is 5.91 Å². The molecule has 1 amide bonds. The van der Waals surface area contributed by atoms with E-state index in [9.17, 15) is 18.0 Å². The highest BCUT2D eigenvalue weighted by Gasteiger charge is 2.31. The highest BCUT2D eigenvalue weighted by Crippen LogP contribution is 2.33. The Hall–Kier alpha value is -3.68. The van der Waals surface area contributed by atoms with Crippen LogP contribution in [0.4, 0.5) is 13.2 Å². The van der Waals surface area contributed by atoms with Gasteiger partial charge in [0.2, 0.25) is 0 Å². The topological polar surface area (TPSA) is 61.9 Å². The fourth-order valence-electron chi connectivity index (χ4n) is 4.35. The maximum atomic E-state index is 13.1. The van der Waals surface area contributed by atoms with Crippen LogP contribution in [-0.2, 0) is 6.18 Å². The number of fused-ring (bicyclic) bond motifs is 1. The fourth-order valence-corrected chi connectivity index (χ4v) is 4.35. The number of benzene rings is 2. The Morgan fingerprint density at radius 1 is 1.06 bits per heavy atom. The van der Waals surface area contributed by atoms with Gasteiger partial charge in [0.05, 0.1) is 28.6 Å². The summed E-state index contributed by atoms with van der Waals surface area (Å²) in [6.07, 6.45) is -1.11. The molecule has 1 N–H and O–H groups in total. The van der Waals surface area contributed by atoms with E-state index in [2.05, 4.69) is 15.0 Å². The number of pyridine rings is 1. The Morgan fingerprint density at radius 3 is 2.76 bits per heavy atom. The summed E-state index contributed by atoms with van der Waals surface area (Å²) >= 11 is 0. The summed E-state index contributed by atoms with van der Waals surface area (Å²) < 4.78 is 39.4. The number of imidazole rings is 1. The minimum absolute atomic E-state index is 0.0179. The number of halogens is 3. The molecule has 3 heterocycles. The van der Waals surface area contributed by atoms with Crippen LogP contribution in [0.3, 0.4) is 0 Å². The summed E-state index contributed by atoms with van der Waals surface area (Å²) in [7, 11) is 0. The van der Waals surface area contributed by atoms with Crippen LogP contribution in [0.15, 0.2) is 67.0 Å². The number of H-pyrrole nitrogens is 1. The number of carbonyl (C=O) groups excluding carboxylic acids is 1. The van der Waals surface area contributed by atoms with Gasteiger partial charge in [-0.2, -0.15) is 13.2 Å². The molecule has 0 radical (unpaired) electrons. The van der Waals surface area contributed by atoms with Crippen LogP contribution in [0.1, 0.15) is 40.4 Å². The normalized spacial score (nSPS) is 16.8. The van der Waals surface area contributed by atoms with Gasteiger partial charge in [-0.25, -0.2) is 4.98 Å². The van der Waals surface area contributed by atoms with Gasteiger partial charge in [-0.1, -0.05) is 18.2 Å². The van der Waals surface area contributed by atoms with Crippen LogP contribution in [0, 0.1) is 0 Å². The minimum Gasteiger partial charge on any atom is -0.345 e. The maximum Gasteiger partial charge on any atom is 0.416 e. The summed E-state index contributed by atoms with van der Waals surface area (Å²) in [6, 6.07) is 16.0. The maximum absolute atomic E-state index is 13.1. The zero-order valence-electron chi connectivity index (χ0n) is 17.6. The third kappa shape index (κ3) is 4.33. The molecule has 1 saturated heterocycles. The molecule has 1 unspecified atom stereocenters. The molecule has 0 aliphatic carbocycles. The van der Waals surface area contributed by atoms with Gasteiger partial charge < -0.3 is 9.88 Å². The van der Waals surface area contributed by atoms with Gasteiger partial charge in [0.1, 0.15) is 0 Å². The summed E-state index contributed by atoms with van der Waals surface area (Å²) in [5, 5.41) is 0. The zero-order chi connectivity index (χ0) is 23.0. The van der Waals surface area contributed by atoms with Crippen molar-refractivity contribution in [1.82, 2.24) is 19.9 Å². The van der Waals surface area contributed by atoms with E-state index in [1.165, 1.54) is 6.07 Å². The lowest BCUT2D eigenvalue weighted by atomic mass is 9.93. The van der Waals surface area contributed by atoms with Gasteiger partial charge >= 0.3 is 6.18 Å². The van der Waals surface area contributed by atoms with Gasteiger partial charge in [-0.15, -0.1) is 0 Å². The molecule has 2 aromatic heterocycles. The summed E-state index contributed by atoms with van der Waals surface area (Å²) in [5.74, 6) is -0.0328. The molecule has 5 rings (SSSR count). The average Bonchev–Trinajstić information content (AvgIpc) is 3.31. The van der Waals surface area contributed by atoms with Crippen LogP contribution < -0.4 is 0 Å². The molecular weight excluding hydrogens is 429 g/mol. The Kier molecular flexibility index (Phi) is 5.36. The molecule has 1 fully saturated rings. The Labute approximate surface area is 188 Å². The van der Waals surface area contributed by atoms with Crippen molar-refractivity contribution in [3.8, 4) is 11.3 Å². The van der Waals surface area contributed by atoms with Gasteiger partial charge in [-0.3, -0.25) is 9.78 Å². The van der Waals surface area contributed by atoms with E-state index in [0.29, 0.717) is 29.9 Å². The largest absolute Gasteiger partial charge is 0.416 e. The first-order valence-electron chi connectivity index (χ1n) is 10.8. The number of aromatic amines is 1. The first-order valence-corrected chi connectivity index (χ1v) is 10.8. The third-order valence-electron chi connectivity index (χ3n) is 6.05. The summed E-state index contributed by atoms with van der Waals surface area (Å²) in [4.78, 5) is 26.8. The molecule has 1 atom stereocenters. The van der Waals surface area contributed by atoms with Gasteiger partial charge in [0.15, 0.2) is 0 Å². The molecule has 33 heavy (non-hydrogen) atoms. The van der Waals surface area contributed by atoms with Gasteiger partial charge in [-0.05, 0) is 55.3 Å². The molecule has 1 aliphatic heterocycles. The number of aromatic nitrogens is 3. The quantitative estimate of drug-likeness (QED) is 0.438. The van der Waals surface area contributed by atoms with Crippen LogP contribution in [0.5, 0.6) is 0 Å². The van der Waals surface area contributed by atoms with Crippen LogP contribution in [-0.4, -0.2) is 38.8 Å². The first-order chi connectivity index (χ1) is 15.9. The number of rotatable bonds is 3. The van der Waals surface area contributed by atoms with Crippen molar-refractivity contribution < 1.29 is 18.0 Å². The Bertz CT molecular complexity index is 1310.